The fourth-order valence-corrected chi connectivity index (χ4v) is 5.91. The normalized spacial score (nSPS) is 19.9. The Morgan fingerprint density at radius 3 is 2.18 bits per heavy atom. The lowest BCUT2D eigenvalue weighted by Gasteiger charge is -2.42. The zero-order valence-electron chi connectivity index (χ0n) is 17.9. The summed E-state index contributed by atoms with van der Waals surface area (Å²) in [6.45, 7) is 0. The summed E-state index contributed by atoms with van der Waals surface area (Å²) in [7, 11) is -3.85. The van der Waals surface area contributed by atoms with E-state index in [-0.39, 0.29) is 11.1 Å². The van der Waals surface area contributed by atoms with Gasteiger partial charge in [-0.25, -0.2) is 13.2 Å². The Hall–Kier alpha value is -4.04. The van der Waals surface area contributed by atoms with Crippen molar-refractivity contribution in [2.24, 2.45) is 0 Å². The van der Waals surface area contributed by atoms with Gasteiger partial charge in [0.1, 0.15) is 0 Å². The van der Waals surface area contributed by atoms with Gasteiger partial charge < -0.3 is 4.74 Å². The first-order valence-corrected chi connectivity index (χ1v) is 12.3. The lowest BCUT2D eigenvalue weighted by atomic mass is 10.0. The van der Waals surface area contributed by atoms with Crippen molar-refractivity contribution in [2.75, 3.05) is 5.75 Å². The lowest BCUT2D eigenvalue weighted by molar-refractivity contribution is -0.142. The summed E-state index contributed by atoms with van der Waals surface area (Å²) in [6.07, 6.45) is 3.60. The molecule has 0 spiro atoms. The summed E-state index contributed by atoms with van der Waals surface area (Å²) < 4.78 is 31.8. The molecule has 3 heterocycles. The molecule has 7 nitrogen and oxygen atoms in total. The molecule has 1 amide bonds. The zero-order chi connectivity index (χ0) is 23.7. The minimum absolute atomic E-state index is 0.0849. The molecule has 0 unspecified atom stereocenters. The van der Waals surface area contributed by atoms with Gasteiger partial charge >= 0.3 is 5.97 Å². The van der Waals surface area contributed by atoms with E-state index in [1.54, 1.807) is 24.4 Å². The SMILES string of the molecule is O=C(OC(c1ccccc1)c1ccccc1)C1=CN2C(=O)C(=Cc3ccccn3)[C@H]2S(=O)(=O)C1. The zero-order valence-corrected chi connectivity index (χ0v) is 18.8. The van der Waals surface area contributed by atoms with Crippen molar-refractivity contribution in [1.29, 1.82) is 0 Å². The maximum Gasteiger partial charge on any atom is 0.337 e. The number of carbonyl (C=O) groups is 2. The van der Waals surface area contributed by atoms with Crippen LogP contribution in [0.5, 0.6) is 0 Å². The van der Waals surface area contributed by atoms with Crippen LogP contribution < -0.4 is 0 Å². The van der Waals surface area contributed by atoms with Crippen LogP contribution in [0.2, 0.25) is 0 Å². The van der Waals surface area contributed by atoms with Crippen LogP contribution in [0.15, 0.2) is 102 Å². The van der Waals surface area contributed by atoms with E-state index in [1.165, 1.54) is 12.3 Å². The second kappa shape index (κ2) is 8.72. The van der Waals surface area contributed by atoms with Crippen molar-refractivity contribution in [1.82, 2.24) is 9.88 Å². The van der Waals surface area contributed by atoms with Gasteiger partial charge in [0, 0.05) is 12.4 Å². The van der Waals surface area contributed by atoms with Gasteiger partial charge in [0.2, 0.25) is 0 Å². The van der Waals surface area contributed by atoms with Crippen LogP contribution in [0.3, 0.4) is 0 Å². The number of pyridine rings is 1. The number of hydrogen-bond acceptors (Lipinski definition) is 6. The molecule has 170 valence electrons. The van der Waals surface area contributed by atoms with Crippen LogP contribution in [0, 0.1) is 0 Å². The van der Waals surface area contributed by atoms with Gasteiger partial charge in [-0.1, -0.05) is 66.7 Å². The van der Waals surface area contributed by atoms with E-state index in [1.807, 2.05) is 60.7 Å². The van der Waals surface area contributed by atoms with Gasteiger partial charge in [-0.15, -0.1) is 0 Å². The lowest BCUT2D eigenvalue weighted by Crippen LogP contribution is -2.59. The number of fused-ring (bicyclic) bond motifs is 1. The van der Waals surface area contributed by atoms with Gasteiger partial charge in [0.05, 0.1) is 22.6 Å². The highest BCUT2D eigenvalue weighted by Crippen LogP contribution is 2.37. The first kappa shape index (κ1) is 21.8. The average Bonchev–Trinajstić information content (AvgIpc) is 2.86. The molecule has 0 N–H and O–H groups in total. The van der Waals surface area contributed by atoms with Crippen LogP contribution in [0.1, 0.15) is 22.9 Å². The van der Waals surface area contributed by atoms with Crippen molar-refractivity contribution in [3.63, 3.8) is 0 Å². The maximum absolute atomic E-state index is 13.1. The molecule has 1 fully saturated rings. The molecule has 2 aliphatic rings. The maximum atomic E-state index is 13.1. The molecular formula is C26H20N2O5S. The predicted octanol–water partition coefficient (Wildman–Crippen LogP) is 3.28. The Morgan fingerprint density at radius 1 is 0.971 bits per heavy atom. The average molecular weight is 473 g/mol. The third-order valence-electron chi connectivity index (χ3n) is 5.67. The summed E-state index contributed by atoms with van der Waals surface area (Å²) in [5.41, 5.74) is 2.04. The van der Waals surface area contributed by atoms with E-state index in [9.17, 15) is 18.0 Å². The fraction of sp³-hybridized carbons (Fsp3) is 0.115. The summed E-state index contributed by atoms with van der Waals surface area (Å²) in [6, 6.07) is 23.6. The topological polar surface area (TPSA) is 93.6 Å². The van der Waals surface area contributed by atoms with E-state index in [0.717, 1.165) is 16.0 Å². The van der Waals surface area contributed by atoms with Crippen molar-refractivity contribution in [3.8, 4) is 0 Å². The number of sulfone groups is 1. The number of rotatable bonds is 5. The van der Waals surface area contributed by atoms with Crippen LogP contribution in [-0.2, 0) is 24.2 Å². The number of ether oxygens (including phenoxy) is 1. The highest BCUT2D eigenvalue weighted by molar-refractivity contribution is 7.92. The number of nitrogens with zero attached hydrogens (tertiary/aromatic N) is 2. The smallest absolute Gasteiger partial charge is 0.337 e. The van der Waals surface area contributed by atoms with E-state index in [0.29, 0.717) is 5.69 Å². The molecule has 34 heavy (non-hydrogen) atoms. The Kier molecular flexibility index (Phi) is 5.59. The molecule has 2 aromatic carbocycles. The number of hydrogen-bond donors (Lipinski definition) is 0. The fourth-order valence-electron chi connectivity index (χ4n) is 4.07. The quantitative estimate of drug-likeness (QED) is 0.321. The van der Waals surface area contributed by atoms with Crippen molar-refractivity contribution in [3.05, 3.63) is 119 Å². The van der Waals surface area contributed by atoms with E-state index in [4.69, 9.17) is 4.74 Å². The van der Waals surface area contributed by atoms with Crippen molar-refractivity contribution in [2.45, 2.75) is 11.5 Å². The molecule has 1 aromatic heterocycles. The number of aromatic nitrogens is 1. The third kappa shape index (κ3) is 4.04. The van der Waals surface area contributed by atoms with Crippen molar-refractivity contribution >= 4 is 27.8 Å². The Bertz CT molecular complexity index is 1360. The number of amides is 1. The van der Waals surface area contributed by atoms with Gasteiger partial charge in [-0.2, -0.15) is 0 Å². The van der Waals surface area contributed by atoms with Crippen LogP contribution in [0.25, 0.3) is 6.08 Å². The summed E-state index contributed by atoms with van der Waals surface area (Å²) in [4.78, 5) is 31.0. The number of carbonyl (C=O) groups excluding carboxylic acids is 2. The Morgan fingerprint density at radius 2 is 1.59 bits per heavy atom. The highest BCUT2D eigenvalue weighted by Gasteiger charge is 2.52. The molecule has 5 rings (SSSR count). The van der Waals surface area contributed by atoms with E-state index in [2.05, 4.69) is 4.98 Å². The molecule has 1 saturated heterocycles. The van der Waals surface area contributed by atoms with Gasteiger partial charge in [0.15, 0.2) is 21.3 Å². The molecule has 0 saturated carbocycles. The first-order chi connectivity index (χ1) is 16.4. The molecule has 2 aliphatic heterocycles. The van der Waals surface area contributed by atoms with Gasteiger partial charge in [-0.3, -0.25) is 14.7 Å². The predicted molar refractivity (Wildman–Crippen MR) is 126 cm³/mol. The molecule has 3 aromatic rings. The van der Waals surface area contributed by atoms with Crippen LogP contribution in [-0.4, -0.2) is 41.3 Å². The Balaban J connectivity index is 1.43. The van der Waals surface area contributed by atoms with E-state index >= 15 is 0 Å². The molecule has 1 atom stereocenters. The van der Waals surface area contributed by atoms with Crippen LogP contribution >= 0.6 is 0 Å². The van der Waals surface area contributed by atoms with Crippen molar-refractivity contribution < 1.29 is 22.7 Å². The number of benzene rings is 2. The molecule has 0 bridgehead atoms. The minimum atomic E-state index is -3.85. The monoisotopic (exact) mass is 472 g/mol. The summed E-state index contributed by atoms with van der Waals surface area (Å²) in [5.74, 6) is -1.78. The largest absolute Gasteiger partial charge is 0.449 e. The second-order valence-corrected chi connectivity index (χ2v) is 10.0. The highest BCUT2D eigenvalue weighted by atomic mass is 32.2. The number of esters is 1. The van der Waals surface area contributed by atoms with E-state index < -0.39 is 38.9 Å². The standard InChI is InChI=1S/C26H20N2O5S/c29-24-22(15-21-13-7-8-14-27-21)25-28(24)16-20(17-34(25,31)32)26(30)33-23(18-9-3-1-4-10-18)19-11-5-2-6-12-19/h1-16,23,25H,17H2/t25-/m1/s1. The van der Waals surface area contributed by atoms with Crippen LogP contribution in [0.4, 0.5) is 0 Å². The molecule has 0 aliphatic carbocycles. The van der Waals surface area contributed by atoms with Gasteiger partial charge in [0.25, 0.3) is 5.91 Å². The first-order valence-electron chi connectivity index (χ1n) is 10.6. The second-order valence-electron chi connectivity index (χ2n) is 7.99. The summed E-state index contributed by atoms with van der Waals surface area (Å²) in [5, 5.41) is -1.13. The minimum Gasteiger partial charge on any atom is -0.449 e. The van der Waals surface area contributed by atoms with Gasteiger partial charge in [-0.05, 0) is 29.3 Å². The third-order valence-corrected chi connectivity index (χ3v) is 7.55. The number of β-lactam (4-membered cyclic amide) rings is 1. The summed E-state index contributed by atoms with van der Waals surface area (Å²) >= 11 is 0. The molecule has 8 heteroatoms. The molecular weight excluding hydrogens is 452 g/mol. The Labute approximate surface area is 196 Å². The molecule has 0 radical (unpaired) electrons.